The zero-order chi connectivity index (χ0) is 15.5. The van der Waals surface area contributed by atoms with E-state index in [1.54, 1.807) is 0 Å². The molecule has 0 unspecified atom stereocenters. The predicted octanol–water partition coefficient (Wildman–Crippen LogP) is 4.41. The van der Waals surface area contributed by atoms with Gasteiger partial charge in [0.15, 0.2) is 0 Å². The van der Waals surface area contributed by atoms with Crippen LogP contribution in [0.15, 0.2) is 24.3 Å². The molecule has 2 atom stereocenters. The number of hydrogen-bond acceptors (Lipinski definition) is 1. The van der Waals surface area contributed by atoms with Crippen LogP contribution in [0.25, 0.3) is 0 Å². The Labute approximate surface area is 121 Å². The van der Waals surface area contributed by atoms with Gasteiger partial charge in [0.1, 0.15) is 0 Å². The number of halogens is 3. The van der Waals surface area contributed by atoms with Crippen molar-refractivity contribution < 1.29 is 18.0 Å². The van der Waals surface area contributed by atoms with Gasteiger partial charge >= 0.3 is 12.2 Å². The summed E-state index contributed by atoms with van der Waals surface area (Å²) in [5, 5.41) is 5.09. The van der Waals surface area contributed by atoms with E-state index in [4.69, 9.17) is 0 Å². The Morgan fingerprint density at radius 2 is 1.86 bits per heavy atom. The van der Waals surface area contributed by atoms with Gasteiger partial charge in [0.2, 0.25) is 0 Å². The fraction of sp³-hybridized carbons (Fsp3) is 0.533. The maximum Gasteiger partial charge on any atom is 0.418 e. The Morgan fingerprint density at radius 1 is 1.19 bits per heavy atom. The van der Waals surface area contributed by atoms with Gasteiger partial charge in [-0.05, 0) is 30.9 Å². The summed E-state index contributed by atoms with van der Waals surface area (Å²) < 4.78 is 38.5. The first-order chi connectivity index (χ1) is 9.88. The molecule has 1 aromatic carbocycles. The van der Waals surface area contributed by atoms with Gasteiger partial charge in [-0.3, -0.25) is 0 Å². The molecule has 0 heterocycles. The summed E-state index contributed by atoms with van der Waals surface area (Å²) in [5.74, 6) is 0.349. The van der Waals surface area contributed by atoms with Crippen molar-refractivity contribution >= 4 is 11.7 Å². The molecule has 2 N–H and O–H groups in total. The molecule has 21 heavy (non-hydrogen) atoms. The minimum Gasteiger partial charge on any atom is -0.335 e. The maximum atomic E-state index is 12.8. The minimum absolute atomic E-state index is 0.0248. The van der Waals surface area contributed by atoms with Gasteiger partial charge in [0.05, 0.1) is 11.3 Å². The number of benzene rings is 1. The van der Waals surface area contributed by atoms with E-state index in [0.29, 0.717) is 5.92 Å². The normalized spacial score (nSPS) is 22.7. The van der Waals surface area contributed by atoms with Gasteiger partial charge in [-0.25, -0.2) is 4.79 Å². The molecule has 1 saturated carbocycles. The number of anilines is 1. The van der Waals surface area contributed by atoms with E-state index in [1.165, 1.54) is 18.2 Å². The summed E-state index contributed by atoms with van der Waals surface area (Å²) >= 11 is 0. The van der Waals surface area contributed by atoms with Crippen LogP contribution in [0.4, 0.5) is 23.7 Å². The van der Waals surface area contributed by atoms with E-state index in [9.17, 15) is 18.0 Å². The van der Waals surface area contributed by atoms with E-state index in [0.717, 1.165) is 31.7 Å². The molecule has 0 aliphatic heterocycles. The number of carbonyl (C=O) groups excluding carboxylic acids is 1. The van der Waals surface area contributed by atoms with Crippen molar-refractivity contribution in [2.24, 2.45) is 5.92 Å². The van der Waals surface area contributed by atoms with Crippen LogP contribution in [0, 0.1) is 5.92 Å². The van der Waals surface area contributed by atoms with Gasteiger partial charge < -0.3 is 10.6 Å². The molecule has 2 amide bonds. The highest BCUT2D eigenvalue weighted by atomic mass is 19.4. The molecule has 0 aromatic heterocycles. The van der Waals surface area contributed by atoms with Crippen LogP contribution in [0.5, 0.6) is 0 Å². The van der Waals surface area contributed by atoms with Gasteiger partial charge in [-0.1, -0.05) is 31.9 Å². The zero-order valence-electron chi connectivity index (χ0n) is 11.8. The average Bonchev–Trinajstić information content (AvgIpc) is 2.41. The average molecular weight is 300 g/mol. The highest BCUT2D eigenvalue weighted by Gasteiger charge is 2.33. The number of para-hydroxylation sites is 1. The lowest BCUT2D eigenvalue weighted by Gasteiger charge is -2.29. The number of hydrogen-bond donors (Lipinski definition) is 2. The standard InChI is InChI=1S/C15H19F3N2O/c1-10-6-2-4-8-12(10)19-14(21)20-13-9-5-3-7-11(13)15(16,17)18/h3,5,7,9-10,12H,2,4,6,8H2,1H3,(H2,19,20,21)/t10-,12+/m0/s1. The lowest BCUT2D eigenvalue weighted by atomic mass is 9.86. The molecule has 1 fully saturated rings. The molecule has 0 saturated heterocycles. The topological polar surface area (TPSA) is 41.1 Å². The number of rotatable bonds is 2. The van der Waals surface area contributed by atoms with E-state index >= 15 is 0 Å². The second-order valence-corrected chi connectivity index (χ2v) is 5.51. The van der Waals surface area contributed by atoms with Gasteiger partial charge in [-0.15, -0.1) is 0 Å². The Bertz CT molecular complexity index is 502. The van der Waals surface area contributed by atoms with E-state index < -0.39 is 17.8 Å². The number of alkyl halides is 3. The van der Waals surface area contributed by atoms with Gasteiger partial charge in [0.25, 0.3) is 0 Å². The molecule has 0 radical (unpaired) electrons. The van der Waals surface area contributed by atoms with Crippen molar-refractivity contribution in [3.05, 3.63) is 29.8 Å². The number of carbonyl (C=O) groups is 1. The first kappa shape index (κ1) is 15.7. The molecule has 0 spiro atoms. The summed E-state index contributed by atoms with van der Waals surface area (Å²) in [4.78, 5) is 11.9. The Morgan fingerprint density at radius 3 is 2.52 bits per heavy atom. The third kappa shape index (κ3) is 4.12. The summed E-state index contributed by atoms with van der Waals surface area (Å²) in [5.41, 5.74) is -1.05. The molecule has 2 rings (SSSR count). The van der Waals surface area contributed by atoms with Crippen LogP contribution in [0.2, 0.25) is 0 Å². The molecule has 1 aliphatic carbocycles. The molecule has 1 aliphatic rings. The molecular weight excluding hydrogens is 281 g/mol. The monoisotopic (exact) mass is 300 g/mol. The predicted molar refractivity (Wildman–Crippen MR) is 75.0 cm³/mol. The largest absolute Gasteiger partial charge is 0.418 e. The molecule has 6 heteroatoms. The van der Waals surface area contributed by atoms with E-state index in [-0.39, 0.29) is 11.7 Å². The number of amides is 2. The fourth-order valence-electron chi connectivity index (χ4n) is 2.70. The summed E-state index contributed by atoms with van der Waals surface area (Å²) in [7, 11) is 0. The zero-order valence-corrected chi connectivity index (χ0v) is 11.8. The van der Waals surface area contributed by atoms with Crippen molar-refractivity contribution in [2.45, 2.75) is 44.8 Å². The first-order valence-electron chi connectivity index (χ1n) is 7.11. The summed E-state index contributed by atoms with van der Waals surface area (Å²) in [6, 6.07) is 4.43. The van der Waals surface area contributed by atoms with E-state index in [1.807, 2.05) is 6.92 Å². The van der Waals surface area contributed by atoms with Crippen LogP contribution in [-0.2, 0) is 6.18 Å². The van der Waals surface area contributed by atoms with Gasteiger partial charge in [0, 0.05) is 6.04 Å². The second-order valence-electron chi connectivity index (χ2n) is 5.51. The van der Waals surface area contributed by atoms with Crippen molar-refractivity contribution in [1.82, 2.24) is 5.32 Å². The first-order valence-corrected chi connectivity index (χ1v) is 7.11. The number of nitrogens with one attached hydrogen (secondary N) is 2. The van der Waals surface area contributed by atoms with Crippen LogP contribution in [-0.4, -0.2) is 12.1 Å². The highest BCUT2D eigenvalue weighted by molar-refractivity contribution is 5.90. The number of urea groups is 1. The lowest BCUT2D eigenvalue weighted by molar-refractivity contribution is -0.136. The van der Waals surface area contributed by atoms with Crippen molar-refractivity contribution in [3.63, 3.8) is 0 Å². The Hall–Kier alpha value is -1.72. The van der Waals surface area contributed by atoms with Crippen LogP contribution in [0.1, 0.15) is 38.2 Å². The molecule has 116 valence electrons. The quantitative estimate of drug-likeness (QED) is 0.834. The molecular formula is C15H19F3N2O. The van der Waals surface area contributed by atoms with Crippen molar-refractivity contribution in [2.75, 3.05) is 5.32 Å². The molecule has 1 aromatic rings. The van der Waals surface area contributed by atoms with Crippen molar-refractivity contribution in [1.29, 1.82) is 0 Å². The van der Waals surface area contributed by atoms with Crippen LogP contribution in [0.3, 0.4) is 0 Å². The summed E-state index contributed by atoms with van der Waals surface area (Å²) in [6.45, 7) is 2.05. The fourth-order valence-corrected chi connectivity index (χ4v) is 2.70. The van der Waals surface area contributed by atoms with Gasteiger partial charge in [-0.2, -0.15) is 13.2 Å². The molecule has 0 bridgehead atoms. The SMILES string of the molecule is C[C@H]1CCCC[C@H]1NC(=O)Nc1ccccc1C(F)(F)F. The summed E-state index contributed by atoms with van der Waals surface area (Å²) in [6.07, 6.45) is -0.409. The lowest BCUT2D eigenvalue weighted by Crippen LogP contribution is -2.43. The third-order valence-corrected chi connectivity index (χ3v) is 3.91. The molecule has 3 nitrogen and oxygen atoms in total. The second kappa shape index (κ2) is 6.37. The minimum atomic E-state index is -4.48. The Balaban J connectivity index is 2.03. The third-order valence-electron chi connectivity index (χ3n) is 3.91. The van der Waals surface area contributed by atoms with Crippen molar-refractivity contribution in [3.8, 4) is 0 Å². The van der Waals surface area contributed by atoms with Crippen LogP contribution < -0.4 is 10.6 Å². The Kier molecular flexibility index (Phi) is 4.75. The van der Waals surface area contributed by atoms with E-state index in [2.05, 4.69) is 10.6 Å². The smallest absolute Gasteiger partial charge is 0.335 e. The maximum absolute atomic E-state index is 12.8. The van der Waals surface area contributed by atoms with Crippen LogP contribution >= 0.6 is 0 Å². The highest BCUT2D eigenvalue weighted by Crippen LogP contribution is 2.34.